The first-order valence-corrected chi connectivity index (χ1v) is 11.3. The van der Waals surface area contributed by atoms with E-state index in [-0.39, 0.29) is 5.63 Å². The van der Waals surface area contributed by atoms with Crippen LogP contribution in [0.5, 0.6) is 17.2 Å². The van der Waals surface area contributed by atoms with Crippen molar-refractivity contribution in [2.75, 3.05) is 27.5 Å². The maximum atomic E-state index is 12.5. The Hall–Kier alpha value is -2.99. The number of aryl methyl sites for hydroxylation is 2. The molecule has 32 heavy (non-hydrogen) atoms. The fraction of sp³-hybridized carbons (Fsp3) is 0.423. The van der Waals surface area contributed by atoms with Crippen molar-refractivity contribution in [3.63, 3.8) is 0 Å². The van der Waals surface area contributed by atoms with E-state index in [4.69, 9.17) is 18.6 Å². The van der Waals surface area contributed by atoms with Crippen LogP contribution in [0.2, 0.25) is 0 Å². The van der Waals surface area contributed by atoms with Crippen molar-refractivity contribution in [1.82, 2.24) is 4.90 Å². The molecular weight excluding hydrogens is 406 g/mol. The second-order valence-electron chi connectivity index (χ2n) is 8.69. The Morgan fingerprint density at radius 3 is 2.59 bits per heavy atom. The number of hydrogen-bond acceptors (Lipinski definition) is 6. The van der Waals surface area contributed by atoms with Crippen molar-refractivity contribution in [2.24, 2.45) is 0 Å². The highest BCUT2D eigenvalue weighted by molar-refractivity contribution is 5.87. The summed E-state index contributed by atoms with van der Waals surface area (Å²) in [5, 5.41) is 1.08. The van der Waals surface area contributed by atoms with Crippen LogP contribution in [0, 0.1) is 6.92 Å². The first-order chi connectivity index (χ1) is 15.6. The lowest BCUT2D eigenvalue weighted by Gasteiger charge is -2.30. The summed E-state index contributed by atoms with van der Waals surface area (Å²) in [7, 11) is 3.30. The van der Waals surface area contributed by atoms with Gasteiger partial charge in [0.05, 0.1) is 14.2 Å². The minimum Gasteiger partial charge on any atom is -0.493 e. The standard InChI is InChI=1S/C26H29NO5/c1-16-24-18(13-21-19-6-4-5-7-20(19)26(28)32-25(16)21)14-27(15-31-24)11-10-17-8-9-22(29-2)23(12-17)30-3/h8-9,12-13H,4-7,10-11,14-15H2,1-3H3. The Labute approximate surface area is 187 Å². The molecule has 0 fully saturated rings. The molecule has 1 aliphatic carbocycles. The van der Waals surface area contributed by atoms with Crippen LogP contribution in [-0.2, 0) is 25.8 Å². The Morgan fingerprint density at radius 1 is 1.03 bits per heavy atom. The van der Waals surface area contributed by atoms with E-state index in [1.165, 1.54) is 11.1 Å². The van der Waals surface area contributed by atoms with Gasteiger partial charge in [0.15, 0.2) is 11.5 Å². The highest BCUT2D eigenvalue weighted by Crippen LogP contribution is 2.38. The summed E-state index contributed by atoms with van der Waals surface area (Å²) < 4.78 is 22.7. The van der Waals surface area contributed by atoms with Gasteiger partial charge in [-0.1, -0.05) is 6.07 Å². The zero-order valence-electron chi connectivity index (χ0n) is 19.0. The van der Waals surface area contributed by atoms with E-state index in [0.717, 1.165) is 84.5 Å². The predicted molar refractivity (Wildman–Crippen MR) is 123 cm³/mol. The van der Waals surface area contributed by atoms with Crippen molar-refractivity contribution in [2.45, 2.75) is 45.6 Å². The van der Waals surface area contributed by atoms with Crippen LogP contribution in [-0.4, -0.2) is 32.4 Å². The van der Waals surface area contributed by atoms with Crippen LogP contribution < -0.4 is 19.8 Å². The molecule has 2 heterocycles. The topological polar surface area (TPSA) is 61.1 Å². The summed E-state index contributed by atoms with van der Waals surface area (Å²) in [5.74, 6) is 2.35. The third-order valence-corrected chi connectivity index (χ3v) is 6.72. The van der Waals surface area contributed by atoms with Gasteiger partial charge >= 0.3 is 5.63 Å². The number of hydrogen-bond donors (Lipinski definition) is 0. The molecule has 6 nitrogen and oxygen atoms in total. The maximum absolute atomic E-state index is 12.5. The molecule has 0 spiro atoms. The highest BCUT2D eigenvalue weighted by atomic mass is 16.5. The van der Waals surface area contributed by atoms with Gasteiger partial charge < -0.3 is 18.6 Å². The molecule has 0 N–H and O–H groups in total. The number of benzene rings is 2. The number of nitrogens with zero attached hydrogens (tertiary/aromatic N) is 1. The van der Waals surface area contributed by atoms with Crippen LogP contribution in [0.25, 0.3) is 11.0 Å². The predicted octanol–water partition coefficient (Wildman–Crippen LogP) is 4.39. The van der Waals surface area contributed by atoms with Gasteiger partial charge in [-0.05, 0) is 68.4 Å². The van der Waals surface area contributed by atoms with E-state index in [0.29, 0.717) is 12.3 Å². The molecule has 2 aromatic carbocycles. The summed E-state index contributed by atoms with van der Waals surface area (Å²) in [4.78, 5) is 14.8. The Morgan fingerprint density at radius 2 is 1.81 bits per heavy atom. The van der Waals surface area contributed by atoms with E-state index in [9.17, 15) is 4.79 Å². The normalized spacial score (nSPS) is 15.7. The van der Waals surface area contributed by atoms with Crippen LogP contribution in [0.15, 0.2) is 33.5 Å². The molecule has 0 amide bonds. The van der Waals surface area contributed by atoms with Crippen molar-refractivity contribution in [3.8, 4) is 17.2 Å². The highest BCUT2D eigenvalue weighted by Gasteiger charge is 2.25. The zero-order chi connectivity index (χ0) is 22.2. The summed E-state index contributed by atoms with van der Waals surface area (Å²) in [5.41, 5.74) is 5.84. The smallest absolute Gasteiger partial charge is 0.339 e. The second kappa shape index (κ2) is 8.51. The largest absolute Gasteiger partial charge is 0.493 e. The number of fused-ring (bicyclic) bond motifs is 4. The van der Waals surface area contributed by atoms with Gasteiger partial charge in [-0.15, -0.1) is 0 Å². The third kappa shape index (κ3) is 3.62. The van der Waals surface area contributed by atoms with Gasteiger partial charge in [-0.3, -0.25) is 4.90 Å². The first kappa shape index (κ1) is 20.9. The number of ether oxygens (including phenoxy) is 3. The zero-order valence-corrected chi connectivity index (χ0v) is 19.0. The van der Waals surface area contributed by atoms with Gasteiger partial charge in [0.2, 0.25) is 0 Å². The summed E-state index contributed by atoms with van der Waals surface area (Å²) in [6.45, 7) is 4.20. The lowest BCUT2D eigenvalue weighted by atomic mass is 9.89. The minimum atomic E-state index is -0.178. The monoisotopic (exact) mass is 435 g/mol. The number of rotatable bonds is 5. The molecule has 0 bridgehead atoms. The fourth-order valence-electron chi connectivity index (χ4n) is 5.02. The van der Waals surface area contributed by atoms with E-state index >= 15 is 0 Å². The van der Waals surface area contributed by atoms with Crippen molar-refractivity contribution in [1.29, 1.82) is 0 Å². The van der Waals surface area contributed by atoms with Crippen molar-refractivity contribution in [3.05, 3.63) is 62.5 Å². The van der Waals surface area contributed by atoms with Crippen molar-refractivity contribution >= 4 is 11.0 Å². The van der Waals surface area contributed by atoms with Crippen LogP contribution in [0.4, 0.5) is 0 Å². The first-order valence-electron chi connectivity index (χ1n) is 11.3. The second-order valence-corrected chi connectivity index (χ2v) is 8.69. The lowest BCUT2D eigenvalue weighted by Crippen LogP contribution is -2.34. The molecule has 2 aliphatic rings. The third-order valence-electron chi connectivity index (χ3n) is 6.72. The molecule has 1 aromatic heterocycles. The molecule has 0 saturated carbocycles. The van der Waals surface area contributed by atoms with Gasteiger partial charge in [0.25, 0.3) is 0 Å². The molecule has 6 heteroatoms. The summed E-state index contributed by atoms with van der Waals surface area (Å²) >= 11 is 0. The van der Waals surface area contributed by atoms with E-state index in [1.54, 1.807) is 14.2 Å². The Kier molecular flexibility index (Phi) is 5.55. The minimum absolute atomic E-state index is 0.178. The van der Waals surface area contributed by atoms with Gasteiger partial charge in [0.1, 0.15) is 18.1 Å². The Balaban J connectivity index is 1.40. The molecule has 0 saturated heterocycles. The summed E-state index contributed by atoms with van der Waals surface area (Å²) in [6.07, 6.45) is 4.82. The molecule has 3 aromatic rings. The van der Waals surface area contributed by atoms with Gasteiger partial charge in [0, 0.05) is 35.2 Å². The molecule has 0 atom stereocenters. The van der Waals surface area contributed by atoms with Crippen LogP contribution >= 0.6 is 0 Å². The van der Waals surface area contributed by atoms with Crippen molar-refractivity contribution < 1.29 is 18.6 Å². The molecular formula is C26H29NO5. The van der Waals surface area contributed by atoms with Crippen LogP contribution in [0.1, 0.15) is 40.7 Å². The Bertz CT molecular complexity index is 1230. The van der Waals surface area contributed by atoms with E-state index in [1.807, 2.05) is 19.1 Å². The molecule has 5 rings (SSSR count). The average Bonchev–Trinajstić information content (AvgIpc) is 2.83. The lowest BCUT2D eigenvalue weighted by molar-refractivity contribution is 0.0959. The molecule has 0 unspecified atom stereocenters. The molecule has 168 valence electrons. The quantitative estimate of drug-likeness (QED) is 0.554. The van der Waals surface area contributed by atoms with Gasteiger partial charge in [-0.25, -0.2) is 4.79 Å². The number of methoxy groups -OCH3 is 2. The molecule has 1 aliphatic heterocycles. The van der Waals surface area contributed by atoms with Gasteiger partial charge in [-0.2, -0.15) is 0 Å². The maximum Gasteiger partial charge on any atom is 0.339 e. The SMILES string of the molecule is COc1ccc(CCN2COc3c(cc4c5c(c(=O)oc4c3C)CCCC5)C2)cc1OC. The fourth-order valence-corrected chi connectivity index (χ4v) is 5.02. The van der Waals surface area contributed by atoms with E-state index in [2.05, 4.69) is 17.0 Å². The molecule has 0 radical (unpaired) electrons. The van der Waals surface area contributed by atoms with E-state index < -0.39 is 0 Å². The average molecular weight is 436 g/mol. The summed E-state index contributed by atoms with van der Waals surface area (Å²) in [6, 6.07) is 8.24. The van der Waals surface area contributed by atoms with Crippen LogP contribution in [0.3, 0.4) is 0 Å².